The molecule has 1 aromatic rings. The fourth-order valence-corrected chi connectivity index (χ4v) is 2.42. The molecule has 0 radical (unpaired) electrons. The van der Waals surface area contributed by atoms with E-state index < -0.39 is 12.8 Å². The van der Waals surface area contributed by atoms with E-state index in [1.807, 2.05) is 12.1 Å². The number of hydrogen-bond acceptors (Lipinski definition) is 4. The zero-order valence-electron chi connectivity index (χ0n) is 13.4. The van der Waals surface area contributed by atoms with Crippen LogP contribution in [0.4, 0.5) is 24.5 Å². The van der Waals surface area contributed by atoms with Gasteiger partial charge >= 0.3 is 6.18 Å². The van der Waals surface area contributed by atoms with Crippen LogP contribution in [0.15, 0.2) is 24.3 Å². The van der Waals surface area contributed by atoms with Gasteiger partial charge in [-0.15, -0.1) is 0 Å². The zero-order valence-corrected chi connectivity index (χ0v) is 13.4. The molecule has 0 aliphatic carbocycles. The summed E-state index contributed by atoms with van der Waals surface area (Å²) >= 11 is 0. The first kappa shape index (κ1) is 18.5. The fraction of sp³-hybridized carbons (Fsp3) is 0.562. The fourth-order valence-electron chi connectivity index (χ4n) is 2.42. The van der Waals surface area contributed by atoms with Gasteiger partial charge in [0.05, 0.1) is 26.2 Å². The molecule has 1 N–H and O–H groups in total. The molecule has 1 atom stereocenters. The SMILES string of the molecule is C[C@@H]1COCCN1c1ccc(NC(=O)CCOCC(F)(F)F)cc1. The van der Waals surface area contributed by atoms with Gasteiger partial charge in [0, 0.05) is 24.0 Å². The van der Waals surface area contributed by atoms with Crippen LogP contribution in [0.3, 0.4) is 0 Å². The van der Waals surface area contributed by atoms with Gasteiger partial charge in [-0.3, -0.25) is 4.79 Å². The minimum atomic E-state index is -4.37. The van der Waals surface area contributed by atoms with Crippen LogP contribution in [-0.4, -0.2) is 51.1 Å². The van der Waals surface area contributed by atoms with Crippen LogP contribution in [-0.2, 0) is 14.3 Å². The van der Waals surface area contributed by atoms with Crippen LogP contribution in [0, 0.1) is 0 Å². The summed E-state index contributed by atoms with van der Waals surface area (Å²) in [4.78, 5) is 13.9. The molecule has 24 heavy (non-hydrogen) atoms. The van der Waals surface area contributed by atoms with Gasteiger partial charge in [-0.05, 0) is 31.2 Å². The summed E-state index contributed by atoms with van der Waals surface area (Å²) in [5, 5.41) is 2.64. The number of hydrogen-bond donors (Lipinski definition) is 1. The number of halogens is 3. The van der Waals surface area contributed by atoms with E-state index in [0.717, 1.165) is 12.2 Å². The first-order chi connectivity index (χ1) is 11.3. The minimum Gasteiger partial charge on any atom is -0.377 e. The lowest BCUT2D eigenvalue weighted by molar-refractivity contribution is -0.174. The number of nitrogens with one attached hydrogen (secondary N) is 1. The number of carbonyl (C=O) groups excluding carboxylic acids is 1. The van der Waals surface area contributed by atoms with E-state index in [2.05, 4.69) is 21.9 Å². The molecule has 1 saturated heterocycles. The first-order valence-corrected chi connectivity index (χ1v) is 7.74. The standard InChI is InChI=1S/C16H21F3N2O3/c1-12-10-23-9-7-21(12)14-4-2-13(3-5-14)20-15(22)6-8-24-11-16(17,18)19/h2-5,12H,6-11H2,1H3,(H,20,22)/t12-/m1/s1. The molecule has 5 nitrogen and oxygen atoms in total. The number of morpholine rings is 1. The molecule has 1 aromatic carbocycles. The van der Waals surface area contributed by atoms with Crippen molar-refractivity contribution in [3.05, 3.63) is 24.3 Å². The van der Waals surface area contributed by atoms with Crippen molar-refractivity contribution in [1.82, 2.24) is 0 Å². The molecule has 2 rings (SSSR count). The third-order valence-electron chi connectivity index (χ3n) is 3.59. The average Bonchev–Trinajstić information content (AvgIpc) is 2.52. The van der Waals surface area contributed by atoms with Gasteiger partial charge in [-0.25, -0.2) is 0 Å². The van der Waals surface area contributed by atoms with Gasteiger partial charge in [-0.1, -0.05) is 0 Å². The number of anilines is 2. The van der Waals surface area contributed by atoms with Crippen molar-refractivity contribution >= 4 is 17.3 Å². The van der Waals surface area contributed by atoms with Crippen molar-refractivity contribution in [2.75, 3.05) is 43.2 Å². The Morgan fingerprint density at radius 1 is 1.38 bits per heavy atom. The Bertz CT molecular complexity index is 534. The van der Waals surface area contributed by atoms with Crippen molar-refractivity contribution in [1.29, 1.82) is 0 Å². The largest absolute Gasteiger partial charge is 0.411 e. The summed E-state index contributed by atoms with van der Waals surface area (Å²) in [6.07, 6.45) is -4.50. The molecular formula is C16H21F3N2O3. The Balaban J connectivity index is 1.77. The van der Waals surface area contributed by atoms with E-state index in [4.69, 9.17) is 4.74 Å². The Hall–Kier alpha value is -1.80. The van der Waals surface area contributed by atoms with Crippen LogP contribution in [0.1, 0.15) is 13.3 Å². The number of rotatable bonds is 6. The molecule has 8 heteroatoms. The van der Waals surface area contributed by atoms with Crippen LogP contribution < -0.4 is 10.2 Å². The van der Waals surface area contributed by atoms with Crippen LogP contribution in [0.2, 0.25) is 0 Å². The van der Waals surface area contributed by atoms with Crippen molar-refractivity contribution in [2.45, 2.75) is 25.6 Å². The molecule has 1 fully saturated rings. The van der Waals surface area contributed by atoms with E-state index >= 15 is 0 Å². The molecule has 0 aromatic heterocycles. The van der Waals surface area contributed by atoms with E-state index in [1.54, 1.807) is 12.1 Å². The summed E-state index contributed by atoms with van der Waals surface area (Å²) < 4.78 is 45.5. The van der Waals surface area contributed by atoms with Crippen LogP contribution in [0.5, 0.6) is 0 Å². The molecular weight excluding hydrogens is 325 g/mol. The maximum Gasteiger partial charge on any atom is 0.411 e. The second kappa shape index (κ2) is 8.34. The number of benzene rings is 1. The second-order valence-electron chi connectivity index (χ2n) is 5.63. The summed E-state index contributed by atoms with van der Waals surface area (Å²) in [6.45, 7) is 2.64. The van der Waals surface area contributed by atoms with Gasteiger partial charge in [0.1, 0.15) is 6.61 Å². The van der Waals surface area contributed by atoms with Gasteiger partial charge < -0.3 is 19.7 Å². The highest BCUT2D eigenvalue weighted by atomic mass is 19.4. The monoisotopic (exact) mass is 346 g/mol. The molecule has 0 saturated carbocycles. The predicted molar refractivity (Wildman–Crippen MR) is 84.2 cm³/mol. The quantitative estimate of drug-likeness (QED) is 0.805. The highest BCUT2D eigenvalue weighted by Gasteiger charge is 2.27. The highest BCUT2D eigenvalue weighted by Crippen LogP contribution is 2.22. The number of amides is 1. The van der Waals surface area contributed by atoms with E-state index in [1.165, 1.54) is 0 Å². The van der Waals surface area contributed by atoms with Gasteiger partial charge in [0.25, 0.3) is 0 Å². The maximum atomic E-state index is 11.9. The lowest BCUT2D eigenvalue weighted by Crippen LogP contribution is -2.43. The number of carbonyl (C=O) groups is 1. The Morgan fingerprint density at radius 3 is 2.71 bits per heavy atom. The van der Waals surface area contributed by atoms with Crippen molar-refractivity contribution in [3.8, 4) is 0 Å². The zero-order chi connectivity index (χ0) is 17.6. The molecule has 0 bridgehead atoms. The normalized spacial score (nSPS) is 18.5. The smallest absolute Gasteiger partial charge is 0.377 e. The van der Waals surface area contributed by atoms with Gasteiger partial charge in [0.15, 0.2) is 0 Å². The molecule has 1 aliphatic rings. The Labute approximate surface area is 138 Å². The Morgan fingerprint density at radius 2 is 2.08 bits per heavy atom. The predicted octanol–water partition coefficient (Wildman–Crippen LogP) is 2.82. The summed E-state index contributed by atoms with van der Waals surface area (Å²) in [6, 6.07) is 7.62. The molecule has 0 spiro atoms. The number of ether oxygens (including phenoxy) is 2. The van der Waals surface area contributed by atoms with Gasteiger partial charge in [-0.2, -0.15) is 13.2 Å². The topological polar surface area (TPSA) is 50.8 Å². The van der Waals surface area contributed by atoms with Crippen LogP contribution >= 0.6 is 0 Å². The summed E-state index contributed by atoms with van der Waals surface area (Å²) in [5.41, 5.74) is 1.64. The molecule has 134 valence electrons. The Kier molecular flexibility index (Phi) is 6.44. The molecule has 0 unspecified atom stereocenters. The van der Waals surface area contributed by atoms with Crippen LogP contribution in [0.25, 0.3) is 0 Å². The first-order valence-electron chi connectivity index (χ1n) is 7.74. The highest BCUT2D eigenvalue weighted by molar-refractivity contribution is 5.90. The number of alkyl halides is 3. The molecule has 1 amide bonds. The third kappa shape index (κ3) is 6.01. The van der Waals surface area contributed by atoms with E-state index in [-0.39, 0.29) is 25.0 Å². The summed E-state index contributed by atoms with van der Waals surface area (Å²) in [5.74, 6) is -0.385. The maximum absolute atomic E-state index is 11.9. The van der Waals surface area contributed by atoms with E-state index in [9.17, 15) is 18.0 Å². The summed E-state index contributed by atoms with van der Waals surface area (Å²) in [7, 11) is 0. The van der Waals surface area contributed by atoms with Crippen molar-refractivity contribution < 1.29 is 27.4 Å². The average molecular weight is 346 g/mol. The molecule has 1 aliphatic heterocycles. The molecule has 1 heterocycles. The minimum absolute atomic E-state index is 0.127. The van der Waals surface area contributed by atoms with Crippen molar-refractivity contribution in [3.63, 3.8) is 0 Å². The lowest BCUT2D eigenvalue weighted by Gasteiger charge is -2.35. The number of nitrogens with zero attached hydrogens (tertiary/aromatic N) is 1. The third-order valence-corrected chi connectivity index (χ3v) is 3.59. The van der Waals surface area contributed by atoms with Gasteiger partial charge in [0.2, 0.25) is 5.91 Å². The lowest BCUT2D eigenvalue weighted by atomic mass is 10.2. The second-order valence-corrected chi connectivity index (χ2v) is 5.63. The van der Waals surface area contributed by atoms with Crippen molar-refractivity contribution in [2.24, 2.45) is 0 Å². The van der Waals surface area contributed by atoms with E-state index in [0.29, 0.717) is 18.9 Å².